The molecule has 3 rings (SSSR count). The molecule has 0 spiro atoms. The first-order chi connectivity index (χ1) is 13.6. The molecule has 0 saturated carbocycles. The van der Waals surface area contributed by atoms with Crippen molar-refractivity contribution in [1.82, 2.24) is 0 Å². The van der Waals surface area contributed by atoms with Crippen molar-refractivity contribution < 1.29 is 4.39 Å². The highest BCUT2D eigenvalue weighted by molar-refractivity contribution is 5.64. The molecular weight excluding hydrogens is 345 g/mol. The molecule has 0 bridgehead atoms. The highest BCUT2D eigenvalue weighted by Gasteiger charge is 2.11. The van der Waals surface area contributed by atoms with E-state index in [1.54, 1.807) is 6.07 Å². The van der Waals surface area contributed by atoms with E-state index in [0.29, 0.717) is 0 Å². The van der Waals surface area contributed by atoms with E-state index >= 15 is 0 Å². The highest BCUT2D eigenvalue weighted by atomic mass is 19.1. The first-order valence-corrected chi connectivity index (χ1v) is 10.0. The van der Waals surface area contributed by atoms with Gasteiger partial charge in [0.1, 0.15) is 11.9 Å². The van der Waals surface area contributed by atoms with E-state index in [1.807, 2.05) is 12.1 Å². The van der Waals surface area contributed by atoms with Crippen LogP contribution in [0.4, 0.5) is 4.39 Å². The summed E-state index contributed by atoms with van der Waals surface area (Å²) in [6, 6.07) is 24.0. The molecule has 0 fully saturated rings. The van der Waals surface area contributed by atoms with Crippen LogP contribution in [-0.2, 0) is 6.42 Å². The average molecular weight is 371 g/mol. The number of rotatable bonds is 7. The Morgan fingerprint density at radius 2 is 1.46 bits per heavy atom. The molecule has 0 aliphatic heterocycles. The SMILES string of the molecule is CCCCCc1ccc(-c2ccc(C(C)c3ccc(C#N)c(F)c3)cc2)cc1. The summed E-state index contributed by atoms with van der Waals surface area (Å²) >= 11 is 0. The summed E-state index contributed by atoms with van der Waals surface area (Å²) in [4.78, 5) is 0. The summed E-state index contributed by atoms with van der Waals surface area (Å²) in [5.74, 6) is -0.389. The van der Waals surface area contributed by atoms with Crippen LogP contribution in [0, 0.1) is 17.1 Å². The van der Waals surface area contributed by atoms with Crippen LogP contribution in [0.5, 0.6) is 0 Å². The van der Waals surface area contributed by atoms with E-state index < -0.39 is 5.82 Å². The number of halogens is 1. The van der Waals surface area contributed by atoms with Gasteiger partial charge in [-0.2, -0.15) is 5.26 Å². The number of nitriles is 1. The second-order valence-electron chi connectivity index (χ2n) is 7.35. The van der Waals surface area contributed by atoms with Crippen molar-refractivity contribution in [2.45, 2.75) is 45.4 Å². The molecule has 3 aromatic rings. The number of hydrogen-bond donors (Lipinski definition) is 0. The Morgan fingerprint density at radius 1 is 0.857 bits per heavy atom. The van der Waals surface area contributed by atoms with Crippen molar-refractivity contribution in [3.8, 4) is 17.2 Å². The van der Waals surface area contributed by atoms with Crippen molar-refractivity contribution in [3.63, 3.8) is 0 Å². The molecule has 28 heavy (non-hydrogen) atoms. The Labute approximate surface area is 167 Å². The van der Waals surface area contributed by atoms with Crippen molar-refractivity contribution in [2.75, 3.05) is 0 Å². The molecule has 0 aliphatic rings. The van der Waals surface area contributed by atoms with Gasteiger partial charge in [-0.25, -0.2) is 4.39 Å². The van der Waals surface area contributed by atoms with Crippen LogP contribution < -0.4 is 0 Å². The van der Waals surface area contributed by atoms with Gasteiger partial charge in [-0.3, -0.25) is 0 Å². The molecule has 3 aromatic carbocycles. The van der Waals surface area contributed by atoms with Gasteiger partial charge in [-0.1, -0.05) is 81.3 Å². The third-order valence-electron chi connectivity index (χ3n) is 5.38. The lowest BCUT2D eigenvalue weighted by molar-refractivity contribution is 0.620. The average Bonchev–Trinajstić information content (AvgIpc) is 2.74. The molecule has 0 radical (unpaired) electrons. The summed E-state index contributed by atoms with van der Waals surface area (Å²) < 4.78 is 13.9. The van der Waals surface area contributed by atoms with Gasteiger partial charge in [0.2, 0.25) is 0 Å². The van der Waals surface area contributed by atoms with Gasteiger partial charge in [0.15, 0.2) is 0 Å². The van der Waals surface area contributed by atoms with Gasteiger partial charge < -0.3 is 0 Å². The van der Waals surface area contributed by atoms with Gasteiger partial charge in [0.25, 0.3) is 0 Å². The fraction of sp³-hybridized carbons (Fsp3) is 0.269. The number of aryl methyl sites for hydroxylation is 1. The maximum atomic E-state index is 13.9. The third kappa shape index (κ3) is 4.67. The fourth-order valence-corrected chi connectivity index (χ4v) is 3.49. The van der Waals surface area contributed by atoms with E-state index in [0.717, 1.165) is 17.5 Å². The second kappa shape index (κ2) is 9.33. The highest BCUT2D eigenvalue weighted by Crippen LogP contribution is 2.28. The Balaban J connectivity index is 1.72. The van der Waals surface area contributed by atoms with Gasteiger partial charge in [0, 0.05) is 5.92 Å². The van der Waals surface area contributed by atoms with Gasteiger partial charge in [0.05, 0.1) is 5.56 Å². The monoisotopic (exact) mass is 371 g/mol. The summed E-state index contributed by atoms with van der Waals surface area (Å²) in [5, 5.41) is 8.88. The Bertz CT molecular complexity index is 949. The van der Waals surface area contributed by atoms with E-state index in [9.17, 15) is 4.39 Å². The van der Waals surface area contributed by atoms with Crippen LogP contribution in [0.15, 0.2) is 66.7 Å². The van der Waals surface area contributed by atoms with Crippen LogP contribution in [0.3, 0.4) is 0 Å². The quantitative estimate of drug-likeness (QED) is 0.401. The van der Waals surface area contributed by atoms with Crippen LogP contribution in [0.2, 0.25) is 0 Å². The van der Waals surface area contributed by atoms with Gasteiger partial charge >= 0.3 is 0 Å². The zero-order valence-corrected chi connectivity index (χ0v) is 16.6. The normalized spacial score (nSPS) is 11.8. The molecule has 0 amide bonds. The molecule has 142 valence electrons. The number of nitrogens with zero attached hydrogens (tertiary/aromatic N) is 1. The summed E-state index contributed by atoms with van der Waals surface area (Å²) in [6.07, 6.45) is 4.92. The molecule has 0 aliphatic carbocycles. The lowest BCUT2D eigenvalue weighted by Gasteiger charge is -2.14. The zero-order valence-electron chi connectivity index (χ0n) is 16.6. The molecule has 0 aromatic heterocycles. The van der Waals surface area contributed by atoms with Crippen LogP contribution in [0.25, 0.3) is 11.1 Å². The topological polar surface area (TPSA) is 23.8 Å². The summed E-state index contributed by atoms with van der Waals surface area (Å²) in [7, 11) is 0. The standard InChI is InChI=1S/C26H26FN/c1-3-4-5-6-20-7-9-22(10-8-20)23-13-11-21(12-14-23)19(2)24-15-16-25(18-28)26(27)17-24/h7-17,19H,3-6H2,1-2H3. The largest absolute Gasteiger partial charge is 0.206 e. The molecule has 1 unspecified atom stereocenters. The molecule has 0 heterocycles. The minimum absolute atomic E-state index is 0.0669. The van der Waals surface area contributed by atoms with E-state index in [4.69, 9.17) is 5.26 Å². The van der Waals surface area contributed by atoms with E-state index in [-0.39, 0.29) is 11.5 Å². The maximum Gasteiger partial charge on any atom is 0.141 e. The van der Waals surface area contributed by atoms with Gasteiger partial charge in [-0.05, 0) is 52.8 Å². The minimum Gasteiger partial charge on any atom is -0.206 e. The zero-order chi connectivity index (χ0) is 19.9. The smallest absolute Gasteiger partial charge is 0.141 e. The molecular formula is C26H26FN. The van der Waals surface area contributed by atoms with Gasteiger partial charge in [-0.15, -0.1) is 0 Å². The fourth-order valence-electron chi connectivity index (χ4n) is 3.49. The van der Waals surface area contributed by atoms with Crippen molar-refractivity contribution in [2.24, 2.45) is 0 Å². The third-order valence-corrected chi connectivity index (χ3v) is 5.38. The lowest BCUT2D eigenvalue weighted by Crippen LogP contribution is -1.98. The Kier molecular flexibility index (Phi) is 6.61. The molecule has 0 saturated heterocycles. The minimum atomic E-state index is -0.456. The van der Waals surface area contributed by atoms with Crippen LogP contribution in [0.1, 0.15) is 61.3 Å². The van der Waals surface area contributed by atoms with Crippen LogP contribution >= 0.6 is 0 Å². The molecule has 1 nitrogen and oxygen atoms in total. The van der Waals surface area contributed by atoms with E-state index in [2.05, 4.69) is 62.4 Å². The van der Waals surface area contributed by atoms with Crippen molar-refractivity contribution in [3.05, 3.63) is 94.8 Å². The molecule has 1 atom stereocenters. The second-order valence-corrected chi connectivity index (χ2v) is 7.35. The van der Waals surface area contributed by atoms with Crippen LogP contribution in [-0.4, -0.2) is 0 Å². The first kappa shape index (κ1) is 19.8. The molecule has 0 N–H and O–H groups in total. The van der Waals surface area contributed by atoms with Crippen molar-refractivity contribution in [1.29, 1.82) is 5.26 Å². The van der Waals surface area contributed by atoms with Crippen molar-refractivity contribution >= 4 is 0 Å². The Hall–Kier alpha value is -2.92. The Morgan fingerprint density at radius 3 is 2.04 bits per heavy atom. The lowest BCUT2D eigenvalue weighted by atomic mass is 9.91. The maximum absolute atomic E-state index is 13.9. The predicted octanol–water partition coefficient (Wildman–Crippen LogP) is 7.25. The van der Waals surface area contributed by atoms with E-state index in [1.165, 1.54) is 42.0 Å². The number of hydrogen-bond acceptors (Lipinski definition) is 1. The predicted molar refractivity (Wildman–Crippen MR) is 114 cm³/mol. The number of benzene rings is 3. The first-order valence-electron chi connectivity index (χ1n) is 10.0. The summed E-state index contributed by atoms with van der Waals surface area (Å²) in [6.45, 7) is 4.28. The summed E-state index contributed by atoms with van der Waals surface area (Å²) in [5.41, 5.74) is 5.88. The number of unbranched alkanes of at least 4 members (excludes halogenated alkanes) is 2. The molecule has 2 heteroatoms.